The number of hydrogen-bond acceptors (Lipinski definition) is 4. The minimum atomic E-state index is -0.0871. The Balaban J connectivity index is 1.79. The van der Waals surface area contributed by atoms with Gasteiger partial charge in [-0.1, -0.05) is 12.1 Å². The first-order valence-electron chi connectivity index (χ1n) is 7.97. The highest BCUT2D eigenvalue weighted by Gasteiger charge is 2.22. The van der Waals surface area contributed by atoms with Gasteiger partial charge in [-0.2, -0.15) is 0 Å². The molecule has 2 aromatic rings. The molecular weight excluding hydrogens is 336 g/mol. The van der Waals surface area contributed by atoms with Crippen molar-refractivity contribution in [2.75, 3.05) is 25.2 Å². The summed E-state index contributed by atoms with van der Waals surface area (Å²) in [5.41, 5.74) is 2.29. The Kier molecular flexibility index (Phi) is 4.99. The summed E-state index contributed by atoms with van der Waals surface area (Å²) < 4.78 is 5.17. The first-order chi connectivity index (χ1) is 12.0. The quantitative estimate of drug-likeness (QED) is 0.910. The van der Waals surface area contributed by atoms with Crippen LogP contribution in [0.4, 0.5) is 5.69 Å². The van der Waals surface area contributed by atoms with Crippen LogP contribution in [0.2, 0.25) is 0 Å². The molecule has 2 amide bonds. The number of methoxy groups -OCH3 is 1. The van der Waals surface area contributed by atoms with Crippen LogP contribution in [-0.2, 0) is 4.79 Å². The van der Waals surface area contributed by atoms with Crippen molar-refractivity contribution in [3.05, 3.63) is 53.6 Å². The van der Waals surface area contributed by atoms with E-state index in [1.807, 2.05) is 43.3 Å². The average molecular weight is 356 g/mol. The van der Waals surface area contributed by atoms with Gasteiger partial charge in [0.15, 0.2) is 0 Å². The van der Waals surface area contributed by atoms with E-state index < -0.39 is 0 Å². The predicted octanol–water partition coefficient (Wildman–Crippen LogP) is 3.57. The lowest BCUT2D eigenvalue weighted by atomic mass is 10.1. The average Bonchev–Trinajstić information content (AvgIpc) is 2.65. The number of ether oxygens (including phenoxy) is 1. The van der Waals surface area contributed by atoms with Crippen molar-refractivity contribution in [2.45, 2.75) is 17.9 Å². The third-order valence-corrected chi connectivity index (χ3v) is 5.43. The van der Waals surface area contributed by atoms with Crippen LogP contribution in [0, 0.1) is 0 Å². The van der Waals surface area contributed by atoms with Gasteiger partial charge >= 0.3 is 0 Å². The maximum Gasteiger partial charge on any atom is 0.254 e. The summed E-state index contributed by atoms with van der Waals surface area (Å²) in [7, 11) is 3.41. The lowest BCUT2D eigenvalue weighted by Gasteiger charge is -2.26. The summed E-state index contributed by atoms with van der Waals surface area (Å²) in [4.78, 5) is 27.1. The molecule has 1 heterocycles. The fourth-order valence-corrected chi connectivity index (χ4v) is 3.49. The number of benzene rings is 2. The Morgan fingerprint density at radius 2 is 1.96 bits per heavy atom. The largest absolute Gasteiger partial charge is 0.497 e. The molecule has 0 saturated carbocycles. The number of carbonyl (C=O) groups excluding carboxylic acids is 2. The topological polar surface area (TPSA) is 58.6 Å². The van der Waals surface area contributed by atoms with E-state index in [0.29, 0.717) is 17.0 Å². The van der Waals surface area contributed by atoms with Crippen molar-refractivity contribution in [2.24, 2.45) is 0 Å². The zero-order valence-electron chi connectivity index (χ0n) is 14.4. The molecular formula is C19H20N2O3S. The molecule has 0 fully saturated rings. The lowest BCUT2D eigenvalue weighted by molar-refractivity contribution is -0.113. The van der Waals surface area contributed by atoms with E-state index in [1.165, 1.54) is 11.8 Å². The molecule has 5 nitrogen and oxygen atoms in total. The number of thioether (sulfide) groups is 1. The van der Waals surface area contributed by atoms with Gasteiger partial charge < -0.3 is 15.0 Å². The number of anilines is 1. The molecule has 130 valence electrons. The summed E-state index contributed by atoms with van der Waals surface area (Å²) in [6.45, 7) is 1.98. The number of nitrogens with one attached hydrogen (secondary N) is 1. The normalized spacial score (nSPS) is 14.3. The number of fused-ring (bicyclic) bond motifs is 1. The van der Waals surface area contributed by atoms with Gasteiger partial charge in [0.25, 0.3) is 5.91 Å². The van der Waals surface area contributed by atoms with E-state index in [2.05, 4.69) is 5.32 Å². The monoisotopic (exact) mass is 356 g/mol. The van der Waals surface area contributed by atoms with Crippen LogP contribution in [0.1, 0.15) is 28.9 Å². The van der Waals surface area contributed by atoms with Crippen molar-refractivity contribution < 1.29 is 14.3 Å². The van der Waals surface area contributed by atoms with Crippen LogP contribution < -0.4 is 10.1 Å². The highest BCUT2D eigenvalue weighted by Crippen LogP contribution is 2.32. The molecule has 0 bridgehead atoms. The molecule has 0 aromatic heterocycles. The molecule has 0 saturated heterocycles. The van der Waals surface area contributed by atoms with Crippen LogP contribution in [0.3, 0.4) is 0 Å². The van der Waals surface area contributed by atoms with Crippen LogP contribution in [0.25, 0.3) is 0 Å². The Bertz CT molecular complexity index is 805. The molecule has 0 spiro atoms. The molecule has 3 rings (SSSR count). The third-order valence-electron chi connectivity index (χ3n) is 4.36. The van der Waals surface area contributed by atoms with Crippen molar-refractivity contribution in [3.8, 4) is 5.75 Å². The Labute approximate surface area is 151 Å². The summed E-state index contributed by atoms with van der Waals surface area (Å²) in [5.74, 6) is 1.07. The van der Waals surface area contributed by atoms with Gasteiger partial charge in [0.2, 0.25) is 5.91 Å². The van der Waals surface area contributed by atoms with E-state index in [1.54, 1.807) is 25.1 Å². The highest BCUT2D eigenvalue weighted by atomic mass is 32.2. The van der Waals surface area contributed by atoms with Gasteiger partial charge in [-0.25, -0.2) is 0 Å². The zero-order chi connectivity index (χ0) is 18.0. The third kappa shape index (κ3) is 3.64. The second kappa shape index (κ2) is 7.19. The summed E-state index contributed by atoms with van der Waals surface area (Å²) >= 11 is 1.48. The fourth-order valence-electron chi connectivity index (χ4n) is 2.70. The number of amides is 2. The second-order valence-corrected chi connectivity index (χ2v) is 6.93. The Morgan fingerprint density at radius 3 is 2.64 bits per heavy atom. The molecule has 25 heavy (non-hydrogen) atoms. The SMILES string of the molecule is COc1ccc(C(C)N(C)C(=O)c2ccc3c(c2)NC(=O)CS3)cc1. The maximum absolute atomic E-state index is 12.8. The number of carbonyl (C=O) groups is 2. The molecule has 1 atom stereocenters. The minimum absolute atomic E-state index is 0.0398. The summed E-state index contributed by atoms with van der Waals surface area (Å²) in [6, 6.07) is 13.0. The Morgan fingerprint density at radius 1 is 1.24 bits per heavy atom. The molecule has 1 unspecified atom stereocenters. The molecule has 0 aliphatic carbocycles. The van der Waals surface area contributed by atoms with Gasteiger partial charge in [-0.05, 0) is 42.8 Å². The maximum atomic E-state index is 12.8. The van der Waals surface area contributed by atoms with Gasteiger partial charge in [-0.3, -0.25) is 9.59 Å². The van der Waals surface area contributed by atoms with Crippen LogP contribution in [0.15, 0.2) is 47.4 Å². The predicted molar refractivity (Wildman–Crippen MR) is 99.3 cm³/mol. The van der Waals surface area contributed by atoms with Crippen molar-refractivity contribution in [1.29, 1.82) is 0 Å². The molecule has 1 aliphatic rings. The van der Waals surface area contributed by atoms with Crippen molar-refractivity contribution >= 4 is 29.3 Å². The molecule has 1 aliphatic heterocycles. The van der Waals surface area contributed by atoms with E-state index in [4.69, 9.17) is 4.74 Å². The van der Waals surface area contributed by atoms with Gasteiger partial charge in [0, 0.05) is 17.5 Å². The summed E-state index contributed by atoms with van der Waals surface area (Å²) in [5, 5.41) is 2.82. The number of rotatable bonds is 4. The first kappa shape index (κ1) is 17.4. The van der Waals surface area contributed by atoms with E-state index in [-0.39, 0.29) is 17.9 Å². The molecule has 2 aromatic carbocycles. The lowest BCUT2D eigenvalue weighted by Crippen LogP contribution is -2.30. The molecule has 6 heteroatoms. The first-order valence-corrected chi connectivity index (χ1v) is 8.96. The number of nitrogens with zero attached hydrogens (tertiary/aromatic N) is 1. The van der Waals surface area contributed by atoms with Crippen LogP contribution >= 0.6 is 11.8 Å². The molecule has 1 N–H and O–H groups in total. The second-order valence-electron chi connectivity index (χ2n) is 5.91. The number of hydrogen-bond donors (Lipinski definition) is 1. The van der Waals surface area contributed by atoms with E-state index in [9.17, 15) is 9.59 Å². The van der Waals surface area contributed by atoms with E-state index >= 15 is 0 Å². The highest BCUT2D eigenvalue weighted by molar-refractivity contribution is 8.00. The van der Waals surface area contributed by atoms with E-state index in [0.717, 1.165) is 16.2 Å². The minimum Gasteiger partial charge on any atom is -0.497 e. The smallest absolute Gasteiger partial charge is 0.254 e. The van der Waals surface area contributed by atoms with Crippen molar-refractivity contribution in [3.63, 3.8) is 0 Å². The van der Waals surface area contributed by atoms with Gasteiger partial charge in [0.1, 0.15) is 5.75 Å². The van der Waals surface area contributed by atoms with Crippen LogP contribution in [-0.4, -0.2) is 36.6 Å². The standard InChI is InChI=1S/C19H20N2O3S/c1-12(13-4-7-15(24-3)8-5-13)21(2)19(23)14-6-9-17-16(10-14)20-18(22)11-25-17/h4-10,12H,11H2,1-3H3,(H,20,22). The summed E-state index contributed by atoms with van der Waals surface area (Å²) in [6.07, 6.45) is 0. The Hall–Kier alpha value is -2.47. The van der Waals surface area contributed by atoms with Crippen molar-refractivity contribution in [1.82, 2.24) is 4.90 Å². The van der Waals surface area contributed by atoms with Gasteiger partial charge in [-0.15, -0.1) is 11.8 Å². The van der Waals surface area contributed by atoms with Gasteiger partial charge in [0.05, 0.1) is 24.6 Å². The van der Waals surface area contributed by atoms with Crippen LogP contribution in [0.5, 0.6) is 5.75 Å². The fraction of sp³-hybridized carbons (Fsp3) is 0.263. The molecule has 0 radical (unpaired) electrons. The zero-order valence-corrected chi connectivity index (χ0v) is 15.2.